The molecule has 1 heterocycles. The third kappa shape index (κ3) is 11.2. The van der Waals surface area contributed by atoms with Gasteiger partial charge in [-0.05, 0) is 75.7 Å². The fourth-order valence-electron chi connectivity index (χ4n) is 7.40. The molecule has 4 N–H and O–H groups in total. The fraction of sp³-hybridized carbons (Fsp3) is 0.675. The molecule has 0 radical (unpaired) electrons. The molecule has 12 heteroatoms. The van der Waals surface area contributed by atoms with E-state index in [9.17, 15) is 28.2 Å². The van der Waals surface area contributed by atoms with Crippen molar-refractivity contribution in [2.75, 3.05) is 18.8 Å². The van der Waals surface area contributed by atoms with Crippen molar-refractivity contribution in [3.05, 3.63) is 48.6 Å². The Morgan fingerprint density at radius 2 is 1.62 bits per heavy atom. The Hall–Kier alpha value is -3.54. The second-order valence-corrected chi connectivity index (χ2v) is 19.4. The highest BCUT2D eigenvalue weighted by molar-refractivity contribution is 7.86. The number of ketones is 1. The lowest BCUT2D eigenvalue weighted by Crippen LogP contribution is -2.63. The first-order valence-corrected chi connectivity index (χ1v) is 20.3. The van der Waals surface area contributed by atoms with E-state index in [1.807, 2.05) is 71.9 Å². The number of urea groups is 1. The van der Waals surface area contributed by atoms with Crippen LogP contribution in [0.15, 0.2) is 43.0 Å². The van der Waals surface area contributed by atoms with Crippen molar-refractivity contribution < 1.29 is 28.2 Å². The number of nitrogens with zero attached hydrogens (tertiary/aromatic N) is 1. The molecular formula is C40H61N5O6S. The molecule has 3 fully saturated rings. The third-order valence-electron chi connectivity index (χ3n) is 10.6. The van der Waals surface area contributed by atoms with Crippen molar-refractivity contribution in [1.82, 2.24) is 26.2 Å². The molecule has 2 unspecified atom stereocenters. The van der Waals surface area contributed by atoms with Crippen LogP contribution in [0.5, 0.6) is 0 Å². The first kappa shape index (κ1) is 41.2. The third-order valence-corrected chi connectivity index (χ3v) is 12.8. The zero-order valence-electron chi connectivity index (χ0n) is 32.1. The molecule has 5 atom stereocenters. The van der Waals surface area contributed by atoms with Gasteiger partial charge in [0.15, 0.2) is 0 Å². The summed E-state index contributed by atoms with van der Waals surface area (Å²) in [6.45, 7) is 15.4. The summed E-state index contributed by atoms with van der Waals surface area (Å²) >= 11 is 0. The highest BCUT2D eigenvalue weighted by Gasteiger charge is 2.48. The van der Waals surface area contributed by atoms with E-state index >= 15 is 0 Å². The number of rotatable bonds is 15. The number of nitrogens with one attached hydrogen (secondary N) is 4. The summed E-state index contributed by atoms with van der Waals surface area (Å²) in [7, 11) is -1.19. The summed E-state index contributed by atoms with van der Waals surface area (Å²) in [4.78, 5) is 70.5. The van der Waals surface area contributed by atoms with Crippen LogP contribution in [0.25, 0.3) is 0 Å². The number of Topliss-reactive ketones (excluding diaryl/α,β-unsaturated/α-hetero) is 1. The summed E-state index contributed by atoms with van der Waals surface area (Å²) in [5.41, 5.74) is -0.359. The quantitative estimate of drug-likeness (QED) is 0.153. The van der Waals surface area contributed by atoms with Crippen LogP contribution in [0.1, 0.15) is 105 Å². The summed E-state index contributed by atoms with van der Waals surface area (Å²) < 4.78 is 12.9. The van der Waals surface area contributed by atoms with Gasteiger partial charge in [-0.3, -0.25) is 23.4 Å². The molecule has 1 saturated heterocycles. The zero-order valence-corrected chi connectivity index (χ0v) is 32.9. The maximum atomic E-state index is 14.7. The van der Waals surface area contributed by atoms with Crippen molar-refractivity contribution >= 4 is 40.3 Å². The van der Waals surface area contributed by atoms with Crippen LogP contribution in [0.2, 0.25) is 0 Å². The van der Waals surface area contributed by atoms with Crippen molar-refractivity contribution in [2.45, 2.75) is 134 Å². The van der Waals surface area contributed by atoms with E-state index in [1.54, 1.807) is 4.90 Å². The summed E-state index contributed by atoms with van der Waals surface area (Å²) in [5, 5.41) is 11.6. The number of carbonyl (C=O) groups is 5. The lowest BCUT2D eigenvalue weighted by Gasteiger charge is -2.41. The SMILES string of the molecule is C=CCNC(=O)C(=O)C(CC1CC1)NC(=O)[C@@H]1[C@@H](Cc2ccccc2)CCN1C(=O)[C@@H](NC(=O)NC1(CS(=O)C(C)(C)C)CCCCC1)C(C)(C)C. The van der Waals surface area contributed by atoms with E-state index in [2.05, 4.69) is 27.8 Å². The van der Waals surface area contributed by atoms with E-state index in [0.29, 0.717) is 44.4 Å². The fourth-order valence-corrected chi connectivity index (χ4v) is 8.70. The lowest BCUT2D eigenvalue weighted by atomic mass is 9.83. The molecule has 5 amide bonds. The average molecular weight is 740 g/mol. The van der Waals surface area contributed by atoms with Gasteiger partial charge in [-0.15, -0.1) is 6.58 Å². The number of benzene rings is 1. The largest absolute Gasteiger partial charge is 0.346 e. The minimum Gasteiger partial charge on any atom is -0.346 e. The Morgan fingerprint density at radius 3 is 2.19 bits per heavy atom. The van der Waals surface area contributed by atoms with Crippen molar-refractivity contribution in [3.8, 4) is 0 Å². The Labute approximate surface area is 312 Å². The van der Waals surface area contributed by atoms with Gasteiger partial charge in [0.25, 0.3) is 5.91 Å². The minimum atomic E-state index is -1.19. The number of likely N-dealkylation sites (tertiary alicyclic amines) is 1. The van der Waals surface area contributed by atoms with Gasteiger partial charge in [0.1, 0.15) is 12.1 Å². The van der Waals surface area contributed by atoms with E-state index in [4.69, 9.17) is 0 Å². The van der Waals surface area contributed by atoms with E-state index < -0.39 is 68.3 Å². The van der Waals surface area contributed by atoms with Gasteiger partial charge in [-0.25, -0.2) is 4.79 Å². The van der Waals surface area contributed by atoms with Crippen LogP contribution in [0, 0.1) is 17.3 Å². The average Bonchev–Trinajstić information content (AvgIpc) is 3.81. The minimum absolute atomic E-state index is 0.128. The molecular weight excluding hydrogens is 679 g/mol. The molecule has 4 rings (SSSR count). The molecule has 288 valence electrons. The molecule has 2 saturated carbocycles. The van der Waals surface area contributed by atoms with Gasteiger partial charge in [-0.1, -0.05) is 89.3 Å². The van der Waals surface area contributed by atoms with Gasteiger partial charge in [0.2, 0.25) is 17.6 Å². The summed E-state index contributed by atoms with van der Waals surface area (Å²) in [6.07, 6.45) is 9.05. The molecule has 2 aliphatic carbocycles. The van der Waals surface area contributed by atoms with E-state index in [-0.39, 0.29) is 24.3 Å². The Kier molecular flexibility index (Phi) is 13.9. The number of hydrogen-bond donors (Lipinski definition) is 4. The Bertz CT molecular complexity index is 1480. The van der Waals surface area contributed by atoms with Crippen LogP contribution < -0.4 is 21.3 Å². The second-order valence-electron chi connectivity index (χ2n) is 17.2. The summed E-state index contributed by atoms with van der Waals surface area (Å²) in [5.74, 6) is -2.05. The normalized spacial score (nSPS) is 22.0. The maximum Gasteiger partial charge on any atom is 0.315 e. The van der Waals surface area contributed by atoms with Crippen LogP contribution in [0.3, 0.4) is 0 Å². The highest BCUT2D eigenvalue weighted by atomic mass is 32.2. The monoisotopic (exact) mass is 739 g/mol. The number of carbonyl (C=O) groups excluding carboxylic acids is 5. The van der Waals surface area contributed by atoms with E-state index in [1.165, 1.54) is 6.08 Å². The van der Waals surface area contributed by atoms with Crippen molar-refractivity contribution in [3.63, 3.8) is 0 Å². The second kappa shape index (κ2) is 17.5. The van der Waals surface area contributed by atoms with Crippen molar-refractivity contribution in [1.29, 1.82) is 0 Å². The highest BCUT2D eigenvalue weighted by Crippen LogP contribution is 2.35. The molecule has 1 aromatic carbocycles. The van der Waals surface area contributed by atoms with Gasteiger partial charge >= 0.3 is 6.03 Å². The van der Waals surface area contributed by atoms with E-state index in [0.717, 1.165) is 37.7 Å². The van der Waals surface area contributed by atoms with Gasteiger partial charge in [0, 0.05) is 34.4 Å². The molecule has 0 spiro atoms. The van der Waals surface area contributed by atoms with Gasteiger partial charge in [-0.2, -0.15) is 0 Å². The molecule has 11 nitrogen and oxygen atoms in total. The zero-order chi connectivity index (χ0) is 38.3. The molecule has 1 aromatic rings. The first-order valence-electron chi connectivity index (χ1n) is 19.0. The van der Waals surface area contributed by atoms with Crippen LogP contribution in [-0.4, -0.2) is 85.9 Å². The molecule has 1 aliphatic heterocycles. The topological polar surface area (TPSA) is 154 Å². The molecule has 3 aliphatic rings. The number of amides is 5. The molecule has 0 aromatic heterocycles. The van der Waals surface area contributed by atoms with Gasteiger partial charge < -0.3 is 26.2 Å². The van der Waals surface area contributed by atoms with Crippen LogP contribution >= 0.6 is 0 Å². The van der Waals surface area contributed by atoms with Crippen molar-refractivity contribution in [2.24, 2.45) is 17.3 Å². The first-order chi connectivity index (χ1) is 24.4. The van der Waals surface area contributed by atoms with Gasteiger partial charge in [0.05, 0.1) is 11.6 Å². The predicted octanol–water partition coefficient (Wildman–Crippen LogP) is 4.57. The maximum absolute atomic E-state index is 14.7. The van der Waals surface area contributed by atoms with Crippen LogP contribution in [0.4, 0.5) is 4.79 Å². The lowest BCUT2D eigenvalue weighted by molar-refractivity contribution is -0.144. The molecule has 0 bridgehead atoms. The molecule has 52 heavy (non-hydrogen) atoms. The number of hydrogen-bond acceptors (Lipinski definition) is 6. The predicted molar refractivity (Wildman–Crippen MR) is 205 cm³/mol. The Morgan fingerprint density at radius 1 is 0.962 bits per heavy atom. The summed E-state index contributed by atoms with van der Waals surface area (Å²) in [6, 6.07) is 6.33. The Balaban J connectivity index is 1.59. The van der Waals surface area contributed by atoms with Crippen LogP contribution in [-0.2, 0) is 36.4 Å². The standard InChI is InChI=1S/C40H61N5O6S/c1-8-22-41-35(48)32(46)30(25-28-17-18-28)42-34(47)31-29(24-27-15-11-9-12-16-27)19-23-45(31)36(49)33(38(2,3)4)43-37(50)44-40(20-13-10-14-21-40)26-52(51)39(5,6)7/h8-9,11-12,15-16,28-31,33H,1,10,13-14,17-26H2,2-7H3,(H,41,48)(H,42,47)(H2,43,44,50)/t29-,30?,31+,33-,52?/m1/s1. The smallest absolute Gasteiger partial charge is 0.315 e.